The van der Waals surface area contributed by atoms with Crippen LogP contribution in [0.2, 0.25) is 0 Å². The molecule has 0 aliphatic heterocycles. The van der Waals surface area contributed by atoms with Crippen LogP contribution < -0.4 is 4.48 Å². The largest absolute Gasteiger partial charge is 0.339 e. The maximum Gasteiger partial charge on any atom is 0.339 e. The minimum Gasteiger partial charge on any atom is -0.324 e. The maximum atomic E-state index is 12.2. The molecule has 100 valence electrons. The highest BCUT2D eigenvalue weighted by Gasteiger charge is 2.39. The van der Waals surface area contributed by atoms with Gasteiger partial charge in [-0.15, -0.1) is 0 Å². The lowest BCUT2D eigenvalue weighted by Gasteiger charge is -2.33. The summed E-state index contributed by atoms with van der Waals surface area (Å²) in [4.78, 5) is 30.2. The molecule has 6 heteroatoms. The van der Waals surface area contributed by atoms with E-state index in [1.54, 1.807) is 0 Å². The molecule has 0 aromatic heterocycles. The Labute approximate surface area is 107 Å². The number of rotatable bonds is 5. The van der Waals surface area contributed by atoms with Gasteiger partial charge in [-0.1, -0.05) is 18.2 Å². The minimum absolute atomic E-state index is 0.0358. The second kappa shape index (κ2) is 5.76. The average molecular weight is 272 g/mol. The predicted molar refractivity (Wildman–Crippen MR) is 71.2 cm³/mol. The molecule has 0 saturated heterocycles. The zero-order valence-electron chi connectivity index (χ0n) is 10.6. The highest BCUT2D eigenvalue weighted by molar-refractivity contribution is 7.52. The van der Waals surface area contributed by atoms with Gasteiger partial charge >= 0.3 is 13.5 Å². The zero-order chi connectivity index (χ0) is 13.8. The van der Waals surface area contributed by atoms with Crippen molar-refractivity contribution in [2.45, 2.75) is 13.8 Å². The lowest BCUT2D eigenvalue weighted by Crippen LogP contribution is -2.55. The van der Waals surface area contributed by atoms with E-state index in [-0.39, 0.29) is 4.48 Å². The first kappa shape index (κ1) is 15.1. The summed E-state index contributed by atoms with van der Waals surface area (Å²) in [6, 6.07) is 9.10. The van der Waals surface area contributed by atoms with Crippen LogP contribution in [0.1, 0.15) is 13.8 Å². The first-order chi connectivity index (χ1) is 8.35. The standard InChI is InChI=1S/C12H18NO4P/c1-3-13(4-2,11-8-6-5-7-9-11)12(14)10-18(15,16)17/h5-9H,3-4,10H2,1-2H3,(H-,15,16,17)/p+1. The molecule has 1 aromatic rings. The molecule has 18 heavy (non-hydrogen) atoms. The lowest BCUT2D eigenvalue weighted by molar-refractivity contribution is -0.127. The van der Waals surface area contributed by atoms with E-state index in [9.17, 15) is 9.36 Å². The van der Waals surface area contributed by atoms with E-state index in [2.05, 4.69) is 0 Å². The van der Waals surface area contributed by atoms with Crippen LogP contribution in [0.3, 0.4) is 0 Å². The molecule has 0 unspecified atom stereocenters. The molecule has 0 bridgehead atoms. The fourth-order valence-corrected chi connectivity index (χ4v) is 2.73. The van der Waals surface area contributed by atoms with Crippen LogP contribution in [-0.2, 0) is 9.36 Å². The smallest absolute Gasteiger partial charge is 0.324 e. The SMILES string of the molecule is CC[N+](CC)(C(=O)CP(=O)(O)O)c1ccccc1. The Bertz CT molecular complexity index is 450. The number of para-hydroxylation sites is 1. The summed E-state index contributed by atoms with van der Waals surface area (Å²) in [6.45, 7) is 4.63. The summed E-state index contributed by atoms with van der Waals surface area (Å²) in [7, 11) is -4.33. The first-order valence-corrected chi connectivity index (χ1v) is 7.66. The van der Waals surface area contributed by atoms with Crippen molar-refractivity contribution in [3.05, 3.63) is 30.3 Å². The number of hydrogen-bond donors (Lipinski definition) is 2. The summed E-state index contributed by atoms with van der Waals surface area (Å²) < 4.78 is 11.0. The fourth-order valence-electron chi connectivity index (χ4n) is 2.11. The van der Waals surface area contributed by atoms with E-state index >= 15 is 0 Å². The van der Waals surface area contributed by atoms with Gasteiger partial charge in [-0.2, -0.15) is 0 Å². The summed E-state index contributed by atoms with van der Waals surface area (Å²) in [6.07, 6.45) is -0.719. The van der Waals surface area contributed by atoms with Gasteiger partial charge in [0.2, 0.25) is 0 Å². The van der Waals surface area contributed by atoms with Crippen LogP contribution in [0.5, 0.6) is 0 Å². The number of nitrogens with zero attached hydrogens (tertiary/aromatic N) is 1. The summed E-state index contributed by atoms with van der Waals surface area (Å²) in [5.74, 6) is -0.445. The molecule has 2 N–H and O–H groups in total. The summed E-state index contributed by atoms with van der Waals surface area (Å²) >= 11 is 0. The van der Waals surface area contributed by atoms with Gasteiger partial charge in [0.1, 0.15) is 5.69 Å². The lowest BCUT2D eigenvalue weighted by atomic mass is 10.2. The Morgan fingerprint density at radius 3 is 2.06 bits per heavy atom. The number of amides is 1. The van der Waals surface area contributed by atoms with Crippen LogP contribution in [0, 0.1) is 0 Å². The van der Waals surface area contributed by atoms with Gasteiger partial charge in [-0.05, 0) is 26.0 Å². The van der Waals surface area contributed by atoms with E-state index in [0.717, 1.165) is 5.69 Å². The predicted octanol–water partition coefficient (Wildman–Crippen LogP) is 1.74. The summed E-state index contributed by atoms with van der Waals surface area (Å²) in [5.41, 5.74) is 0.765. The van der Waals surface area contributed by atoms with E-state index in [1.807, 2.05) is 44.2 Å². The molecule has 1 amide bonds. The third-order valence-electron chi connectivity index (χ3n) is 3.15. The first-order valence-electron chi connectivity index (χ1n) is 5.86. The molecular weight excluding hydrogens is 253 g/mol. The van der Waals surface area contributed by atoms with E-state index < -0.39 is 19.7 Å². The van der Waals surface area contributed by atoms with Gasteiger partial charge in [0.25, 0.3) is 0 Å². The van der Waals surface area contributed by atoms with E-state index in [1.165, 1.54) is 0 Å². The van der Waals surface area contributed by atoms with Crippen molar-refractivity contribution in [1.29, 1.82) is 0 Å². The molecule has 5 nitrogen and oxygen atoms in total. The molecule has 0 atom stereocenters. The van der Waals surface area contributed by atoms with Crippen LogP contribution >= 0.6 is 7.60 Å². The topological polar surface area (TPSA) is 74.6 Å². The fraction of sp³-hybridized carbons (Fsp3) is 0.417. The number of benzene rings is 1. The highest BCUT2D eigenvalue weighted by Crippen LogP contribution is 2.36. The molecule has 0 aliphatic carbocycles. The molecule has 1 rings (SSSR count). The number of quaternary nitrogens is 1. The third kappa shape index (κ3) is 3.27. The van der Waals surface area contributed by atoms with Crippen molar-refractivity contribution < 1.29 is 19.1 Å². The second-order valence-corrected chi connectivity index (χ2v) is 5.80. The average Bonchev–Trinajstić information content (AvgIpc) is 2.30. The van der Waals surface area contributed by atoms with Gasteiger partial charge in [-0.3, -0.25) is 4.57 Å². The van der Waals surface area contributed by atoms with Gasteiger partial charge in [0, 0.05) is 0 Å². The molecule has 0 saturated carbocycles. The van der Waals surface area contributed by atoms with Crippen LogP contribution in [0.4, 0.5) is 5.69 Å². The van der Waals surface area contributed by atoms with E-state index in [0.29, 0.717) is 13.1 Å². The molecule has 0 heterocycles. The quantitative estimate of drug-likeness (QED) is 0.632. The van der Waals surface area contributed by atoms with Crippen LogP contribution in [0.15, 0.2) is 30.3 Å². The molecule has 1 aromatic carbocycles. The molecule has 0 radical (unpaired) electrons. The van der Waals surface area contributed by atoms with Crippen LogP contribution in [-0.4, -0.2) is 34.9 Å². The summed E-state index contributed by atoms with van der Waals surface area (Å²) in [5, 5.41) is 0. The third-order valence-corrected chi connectivity index (χ3v) is 3.83. The Balaban J connectivity index is 3.16. The normalized spacial score (nSPS) is 12.4. The molecule has 0 aliphatic rings. The number of carbonyl (C=O) groups excluding carboxylic acids is 1. The van der Waals surface area contributed by atoms with Gasteiger partial charge in [-0.25, -0.2) is 9.28 Å². The van der Waals surface area contributed by atoms with Crippen molar-refractivity contribution in [3.63, 3.8) is 0 Å². The van der Waals surface area contributed by atoms with E-state index in [4.69, 9.17) is 9.79 Å². The number of carbonyl (C=O) groups is 1. The van der Waals surface area contributed by atoms with Gasteiger partial charge in [0.15, 0.2) is 6.16 Å². The molecule has 0 spiro atoms. The minimum atomic E-state index is -4.33. The Morgan fingerprint density at radius 2 is 1.67 bits per heavy atom. The maximum absolute atomic E-state index is 12.2. The van der Waals surface area contributed by atoms with Crippen molar-refractivity contribution in [2.24, 2.45) is 0 Å². The van der Waals surface area contributed by atoms with Crippen LogP contribution in [0.25, 0.3) is 0 Å². The van der Waals surface area contributed by atoms with Crippen molar-refractivity contribution in [2.75, 3.05) is 19.3 Å². The van der Waals surface area contributed by atoms with Crippen molar-refractivity contribution in [1.82, 2.24) is 4.48 Å². The highest BCUT2D eigenvalue weighted by atomic mass is 31.2. The van der Waals surface area contributed by atoms with Gasteiger partial charge in [0.05, 0.1) is 13.1 Å². The van der Waals surface area contributed by atoms with Gasteiger partial charge < -0.3 is 9.79 Å². The Morgan fingerprint density at radius 1 is 1.17 bits per heavy atom. The van der Waals surface area contributed by atoms with Crippen molar-refractivity contribution in [3.8, 4) is 0 Å². The molecule has 0 fully saturated rings. The Hall–Kier alpha value is -1.00. The second-order valence-electron chi connectivity index (χ2n) is 4.15. The zero-order valence-corrected chi connectivity index (χ0v) is 11.5. The van der Waals surface area contributed by atoms with Crippen molar-refractivity contribution >= 4 is 19.2 Å². The Kier molecular flexibility index (Phi) is 4.82. The monoisotopic (exact) mass is 272 g/mol. The number of hydrogen-bond acceptors (Lipinski definition) is 2. The molecular formula is C12H19NO4P+.